The minimum atomic E-state index is -11.7. The van der Waals surface area contributed by atoms with Crippen LogP contribution in [0.4, 0.5) is 149 Å². The number of hydrogen-bond donors (Lipinski definition) is 0. The highest BCUT2D eigenvalue weighted by molar-refractivity contribution is 6.64. The molecule has 0 aromatic carbocycles. The van der Waals surface area contributed by atoms with Gasteiger partial charge in [0.05, 0.1) is 0 Å². The molecule has 1 atom stereocenters. The number of alkyl halides is 34. The molecule has 0 aromatic rings. The molecule has 0 aliphatic carbocycles. The summed E-state index contributed by atoms with van der Waals surface area (Å²) in [6, 6.07) is 0. The summed E-state index contributed by atoms with van der Waals surface area (Å²) in [6.07, 6.45) is -43.0. The van der Waals surface area contributed by atoms with Gasteiger partial charge >= 0.3 is 98.8 Å². The van der Waals surface area contributed by atoms with Crippen LogP contribution in [0.25, 0.3) is 0 Å². The van der Waals surface area contributed by atoms with Gasteiger partial charge in [0.15, 0.2) is 0 Å². The van der Waals surface area contributed by atoms with E-state index in [-0.39, 0.29) is 0 Å². The molecule has 0 fully saturated rings. The Kier molecular flexibility index (Phi) is 12.1. The lowest BCUT2D eigenvalue weighted by atomic mass is 9.85. The number of rotatable bonds is 13. The molecule has 0 saturated carbocycles. The van der Waals surface area contributed by atoms with Gasteiger partial charge in [0.1, 0.15) is 0 Å². The average Bonchev–Trinajstić information content (AvgIpc) is 2.83. The first-order chi connectivity index (χ1) is 22.1. The van der Waals surface area contributed by atoms with E-state index in [9.17, 15) is 145 Å². The highest BCUT2D eigenvalue weighted by Gasteiger charge is 3.01. The maximum atomic E-state index is 15.3. The minimum absolute atomic E-state index is 0.809. The van der Waals surface area contributed by atoms with E-state index in [0.717, 1.165) is 13.3 Å². The van der Waals surface area contributed by atoms with Crippen molar-refractivity contribution in [3.8, 4) is 0 Å². The van der Waals surface area contributed by atoms with Crippen LogP contribution in [0.3, 0.4) is 0 Å². The van der Waals surface area contributed by atoms with Gasteiger partial charge in [-0.2, -0.15) is 123 Å². The van der Waals surface area contributed by atoms with Crippen LogP contribution in [-0.4, -0.2) is 98.8 Å². The molecule has 38 heteroatoms. The van der Waals surface area contributed by atoms with Crippen molar-refractivity contribution in [3.05, 3.63) is 0 Å². The zero-order valence-corrected chi connectivity index (χ0v) is 23.1. The monoisotopic (exact) mass is 902 g/mol. The molecule has 320 valence electrons. The molecule has 0 heterocycles. The fourth-order valence-electron chi connectivity index (χ4n) is 2.79. The SMILES string of the molecule is FC(F)(F)O[Si](OC(F)(F)F)(OC(F)(C(F)(F)C(F)(F)C(F)(F)C(F)(F)F)C(F)(F)C(F)(F)C(F)(F)C(F)(F)C(F)(F)C(F)(F)F)C(F)(F)C(F)(F)F. The topological polar surface area (TPSA) is 27.7 Å². The van der Waals surface area contributed by atoms with Crippen molar-refractivity contribution in [2.24, 2.45) is 0 Å². The fraction of sp³-hybridized carbons (Fsp3) is 1.00. The van der Waals surface area contributed by atoms with E-state index < -0.39 is 98.8 Å². The van der Waals surface area contributed by atoms with Crippen LogP contribution < -0.4 is 0 Å². The molecule has 0 saturated heterocycles. The Balaban J connectivity index is 9.19. The largest absolute Gasteiger partial charge is 0.601 e. The van der Waals surface area contributed by atoms with Crippen molar-refractivity contribution in [2.75, 3.05) is 0 Å². The molecule has 0 N–H and O–H groups in total. The summed E-state index contributed by atoms with van der Waals surface area (Å²) in [5.74, 6) is -91.0. The van der Waals surface area contributed by atoms with E-state index in [0.29, 0.717) is 0 Å². The summed E-state index contributed by atoms with van der Waals surface area (Å²) in [4.78, 5) is 0. The molecule has 0 aliphatic rings. The third kappa shape index (κ3) is 7.40. The summed E-state index contributed by atoms with van der Waals surface area (Å²) < 4.78 is 457. The van der Waals surface area contributed by atoms with Gasteiger partial charge in [0, 0.05) is 0 Å². The molecule has 0 bridgehead atoms. The minimum Gasteiger partial charge on any atom is -0.326 e. The van der Waals surface area contributed by atoms with Gasteiger partial charge in [-0.05, 0) is 0 Å². The smallest absolute Gasteiger partial charge is 0.326 e. The quantitative estimate of drug-likeness (QED) is 0.136. The van der Waals surface area contributed by atoms with Crippen molar-refractivity contribution in [2.45, 2.75) is 90.0 Å². The molecule has 0 aliphatic heterocycles. The van der Waals surface area contributed by atoms with Crippen molar-refractivity contribution < 1.29 is 163 Å². The molecular weight excluding hydrogens is 902 g/mol. The van der Waals surface area contributed by atoms with Crippen LogP contribution in [0.1, 0.15) is 0 Å². The predicted octanol–water partition coefficient (Wildman–Crippen LogP) is 10.6. The summed E-state index contributed by atoms with van der Waals surface area (Å²) >= 11 is 0. The molecule has 53 heavy (non-hydrogen) atoms. The Hall–Kier alpha value is -2.28. The maximum Gasteiger partial charge on any atom is 0.601 e. The first kappa shape index (κ1) is 50.7. The predicted molar refractivity (Wildman–Crippen MR) is 87.6 cm³/mol. The summed E-state index contributed by atoms with van der Waals surface area (Å²) in [6.45, 7) is 0. The van der Waals surface area contributed by atoms with E-state index in [2.05, 4.69) is 0 Å². The highest BCUT2D eigenvalue weighted by atomic mass is 28.4. The van der Waals surface area contributed by atoms with Crippen LogP contribution in [0.5, 0.6) is 0 Å². The lowest BCUT2D eigenvalue weighted by Crippen LogP contribution is -2.83. The molecular formula is C15F34O3Si. The van der Waals surface area contributed by atoms with E-state index in [1.54, 1.807) is 0 Å². The number of hydrogen-bond acceptors (Lipinski definition) is 3. The second kappa shape index (κ2) is 12.6. The Labute approximate surface area is 263 Å². The fourth-order valence-corrected chi connectivity index (χ4v) is 4.88. The standard InChI is InChI=1S/C15F34O3Si/c16-1(17,3(20,21)7(28,29)10(33,34)35)2(18,19)5(24,25)9(32,6(26,27)4(22,23)8(30,31)11(36,37)38)50-53(51-14(44,45)46,52-15(47,48)49)13(42,43)12(39,40)41. The van der Waals surface area contributed by atoms with Crippen molar-refractivity contribution in [3.63, 3.8) is 0 Å². The van der Waals surface area contributed by atoms with Gasteiger partial charge in [-0.25, -0.2) is 0 Å². The van der Waals surface area contributed by atoms with Gasteiger partial charge in [0.25, 0.3) is 0 Å². The first-order valence-corrected chi connectivity index (χ1v) is 12.4. The Bertz CT molecular complexity index is 1280. The first-order valence-electron chi connectivity index (χ1n) is 10.7. The zero-order chi connectivity index (χ0) is 44.1. The third-order valence-corrected chi connectivity index (χ3v) is 8.00. The maximum absolute atomic E-state index is 15.3. The van der Waals surface area contributed by atoms with Gasteiger partial charge in [-0.1, -0.05) is 0 Å². The van der Waals surface area contributed by atoms with Crippen LogP contribution in [0, 0.1) is 0 Å². The Morgan fingerprint density at radius 3 is 0.642 bits per heavy atom. The van der Waals surface area contributed by atoms with Gasteiger partial charge < -0.3 is 4.43 Å². The van der Waals surface area contributed by atoms with Gasteiger partial charge in [-0.3, -0.25) is 8.85 Å². The van der Waals surface area contributed by atoms with E-state index in [1.807, 2.05) is 0 Å². The molecule has 0 rings (SSSR count). The van der Waals surface area contributed by atoms with Crippen LogP contribution >= 0.6 is 0 Å². The molecule has 0 aromatic heterocycles. The molecule has 0 radical (unpaired) electrons. The molecule has 0 amide bonds. The van der Waals surface area contributed by atoms with Gasteiger partial charge in [0.2, 0.25) is 0 Å². The van der Waals surface area contributed by atoms with Crippen LogP contribution in [-0.2, 0) is 13.3 Å². The Morgan fingerprint density at radius 1 is 0.226 bits per heavy atom. The Morgan fingerprint density at radius 2 is 0.434 bits per heavy atom. The lowest BCUT2D eigenvalue weighted by Gasteiger charge is -2.49. The molecule has 1 unspecified atom stereocenters. The van der Waals surface area contributed by atoms with Crippen LogP contribution in [0.2, 0.25) is 0 Å². The highest BCUT2D eigenvalue weighted by Crippen LogP contribution is 2.68. The van der Waals surface area contributed by atoms with Crippen LogP contribution in [0.15, 0.2) is 0 Å². The van der Waals surface area contributed by atoms with Crippen molar-refractivity contribution in [1.82, 2.24) is 0 Å². The zero-order valence-electron chi connectivity index (χ0n) is 22.1. The van der Waals surface area contributed by atoms with E-state index in [1.165, 1.54) is 0 Å². The summed E-state index contributed by atoms with van der Waals surface area (Å²) in [5, 5.41) is 0. The third-order valence-electron chi connectivity index (χ3n) is 5.40. The van der Waals surface area contributed by atoms with Crippen molar-refractivity contribution in [1.29, 1.82) is 0 Å². The lowest BCUT2D eigenvalue weighted by molar-refractivity contribution is -0.496. The van der Waals surface area contributed by atoms with Crippen molar-refractivity contribution >= 4 is 8.80 Å². The molecule has 0 spiro atoms. The number of halogens is 34. The van der Waals surface area contributed by atoms with Gasteiger partial charge in [-0.15, -0.1) is 26.3 Å². The normalized spacial score (nSPS) is 18.0. The summed E-state index contributed by atoms with van der Waals surface area (Å²) in [7, 11) is -11.7. The molecule has 3 nitrogen and oxygen atoms in total. The summed E-state index contributed by atoms with van der Waals surface area (Å²) in [5.41, 5.74) is -9.32. The second-order valence-corrected chi connectivity index (χ2v) is 11.4. The van der Waals surface area contributed by atoms with E-state index >= 15 is 4.39 Å². The van der Waals surface area contributed by atoms with E-state index in [4.69, 9.17) is 0 Å². The average molecular weight is 902 g/mol. The second-order valence-electron chi connectivity index (χ2n) is 9.01.